The second-order valence-corrected chi connectivity index (χ2v) is 9.17. The fourth-order valence-corrected chi connectivity index (χ4v) is 5.41. The Hall–Kier alpha value is -2.29. The molecule has 1 N–H and O–H groups in total. The highest BCUT2D eigenvalue weighted by molar-refractivity contribution is 7.19. The van der Waals surface area contributed by atoms with E-state index in [-0.39, 0.29) is 12.0 Å². The molecule has 0 spiro atoms. The number of rotatable bonds is 6. The monoisotopic (exact) mass is 425 g/mol. The van der Waals surface area contributed by atoms with Gasteiger partial charge in [0.2, 0.25) is 5.91 Å². The van der Waals surface area contributed by atoms with Crippen molar-refractivity contribution in [3.05, 3.63) is 46.9 Å². The van der Waals surface area contributed by atoms with Gasteiger partial charge in [0.25, 0.3) is 0 Å². The molecule has 0 aliphatic carbocycles. The number of ether oxygens (including phenoxy) is 1. The number of thiophene rings is 1. The molecule has 0 saturated carbocycles. The highest BCUT2D eigenvalue weighted by Crippen LogP contribution is 2.26. The van der Waals surface area contributed by atoms with Gasteiger partial charge in [-0.1, -0.05) is 18.2 Å². The molecule has 3 aromatic rings. The fraction of sp³-hybridized carbons (Fsp3) is 0.500. The summed E-state index contributed by atoms with van der Waals surface area (Å²) in [6, 6.07) is 10.9. The van der Waals surface area contributed by atoms with E-state index < -0.39 is 0 Å². The molecule has 5 rings (SSSR count). The van der Waals surface area contributed by atoms with Crippen LogP contribution in [0.25, 0.3) is 10.1 Å². The van der Waals surface area contributed by atoms with Crippen LogP contribution in [0, 0.1) is 0 Å². The van der Waals surface area contributed by atoms with Gasteiger partial charge in [-0.25, -0.2) is 0 Å². The predicted molar refractivity (Wildman–Crippen MR) is 117 cm³/mol. The molecule has 2 aliphatic heterocycles. The molecule has 0 radical (unpaired) electrons. The van der Waals surface area contributed by atoms with Crippen LogP contribution in [0.2, 0.25) is 0 Å². The predicted octanol–water partition coefficient (Wildman–Crippen LogP) is 2.39. The van der Waals surface area contributed by atoms with Crippen molar-refractivity contribution < 1.29 is 9.53 Å². The normalized spacial score (nSPS) is 19.7. The van der Waals surface area contributed by atoms with Gasteiger partial charge in [0.1, 0.15) is 17.8 Å². The molecule has 30 heavy (non-hydrogen) atoms. The lowest BCUT2D eigenvalue weighted by atomic mass is 10.2. The van der Waals surface area contributed by atoms with E-state index in [9.17, 15) is 4.79 Å². The van der Waals surface area contributed by atoms with Gasteiger partial charge in [-0.3, -0.25) is 9.69 Å². The average molecular weight is 426 g/mol. The molecule has 1 saturated heterocycles. The van der Waals surface area contributed by atoms with Gasteiger partial charge in [-0.2, -0.15) is 0 Å². The second-order valence-electron chi connectivity index (χ2n) is 8.00. The second kappa shape index (κ2) is 8.83. The van der Waals surface area contributed by atoms with E-state index in [0.29, 0.717) is 19.6 Å². The van der Waals surface area contributed by atoms with Crippen molar-refractivity contribution in [1.82, 2.24) is 25.0 Å². The van der Waals surface area contributed by atoms with E-state index in [2.05, 4.69) is 55.3 Å². The summed E-state index contributed by atoms with van der Waals surface area (Å²) in [6.45, 7) is 5.10. The molecule has 158 valence electrons. The van der Waals surface area contributed by atoms with Gasteiger partial charge in [0.05, 0.1) is 0 Å². The van der Waals surface area contributed by atoms with Crippen LogP contribution in [0.1, 0.15) is 29.4 Å². The summed E-state index contributed by atoms with van der Waals surface area (Å²) >= 11 is 1.88. The maximum absolute atomic E-state index is 12.1. The molecule has 1 aromatic carbocycles. The molecule has 1 atom stereocenters. The number of amides is 1. The first-order valence-electron chi connectivity index (χ1n) is 10.8. The largest absolute Gasteiger partial charge is 0.368 e. The zero-order chi connectivity index (χ0) is 20.3. The number of aromatic nitrogens is 3. The van der Waals surface area contributed by atoms with Crippen LogP contribution in [0.5, 0.6) is 0 Å². The summed E-state index contributed by atoms with van der Waals surface area (Å²) in [5.74, 6) is 2.01. The summed E-state index contributed by atoms with van der Waals surface area (Å²) in [6.07, 6.45) is 3.11. The third kappa shape index (κ3) is 4.26. The number of nitrogens with one attached hydrogen (secondary N) is 1. The Morgan fingerprint density at radius 2 is 2.17 bits per heavy atom. The third-order valence-electron chi connectivity index (χ3n) is 5.92. The number of carbonyl (C=O) groups excluding carboxylic acids is 1. The summed E-state index contributed by atoms with van der Waals surface area (Å²) in [4.78, 5) is 16.0. The molecular formula is C22H27N5O2S. The first kappa shape index (κ1) is 19.7. The van der Waals surface area contributed by atoms with E-state index in [1.165, 1.54) is 15.0 Å². The molecule has 1 amide bonds. The first-order chi connectivity index (χ1) is 14.8. The van der Waals surface area contributed by atoms with Gasteiger partial charge < -0.3 is 14.6 Å². The van der Waals surface area contributed by atoms with Crippen molar-refractivity contribution in [1.29, 1.82) is 0 Å². The lowest BCUT2D eigenvalue weighted by Gasteiger charge is -2.18. The number of benzene rings is 1. The minimum atomic E-state index is -0.275. The Bertz CT molecular complexity index is 991. The number of nitrogens with zero attached hydrogens (tertiary/aromatic N) is 4. The van der Waals surface area contributed by atoms with Crippen molar-refractivity contribution in [3.63, 3.8) is 0 Å². The third-order valence-corrected chi connectivity index (χ3v) is 7.02. The van der Waals surface area contributed by atoms with Gasteiger partial charge in [0, 0.05) is 61.7 Å². The first-order valence-corrected chi connectivity index (χ1v) is 11.6. The number of hydrogen-bond acceptors (Lipinski definition) is 6. The summed E-state index contributed by atoms with van der Waals surface area (Å²) in [7, 11) is 0. The maximum Gasteiger partial charge on any atom is 0.249 e. The van der Waals surface area contributed by atoms with Gasteiger partial charge in [0.15, 0.2) is 0 Å². The highest BCUT2D eigenvalue weighted by atomic mass is 32.1. The minimum Gasteiger partial charge on any atom is -0.368 e. The van der Waals surface area contributed by atoms with E-state index in [0.717, 1.165) is 57.1 Å². The van der Waals surface area contributed by atoms with E-state index >= 15 is 0 Å². The topological polar surface area (TPSA) is 72.3 Å². The molecule has 7 nitrogen and oxygen atoms in total. The molecule has 2 aliphatic rings. The molecular weight excluding hydrogens is 398 g/mol. The maximum atomic E-state index is 12.1. The smallest absolute Gasteiger partial charge is 0.249 e. The number of carbonyl (C=O) groups is 1. The molecule has 2 aromatic heterocycles. The van der Waals surface area contributed by atoms with Crippen molar-refractivity contribution in [2.75, 3.05) is 26.2 Å². The standard InChI is InChI=1S/C22H27N5O2S/c28-22(18-5-3-13-29-18)23-9-7-20-24-25-21-8-10-26(11-12-27(20)21)15-17-14-16-4-1-2-6-19(16)30-17/h1-2,4,6,14,18H,3,5,7-13,15H2,(H,23,28). The Labute approximate surface area is 180 Å². The van der Waals surface area contributed by atoms with Crippen molar-refractivity contribution in [2.45, 2.75) is 44.9 Å². The number of fused-ring (bicyclic) bond motifs is 2. The molecule has 1 unspecified atom stereocenters. The molecule has 8 heteroatoms. The van der Waals surface area contributed by atoms with Crippen LogP contribution < -0.4 is 5.32 Å². The summed E-state index contributed by atoms with van der Waals surface area (Å²) < 4.78 is 9.03. The minimum absolute atomic E-state index is 0.00221. The lowest BCUT2D eigenvalue weighted by molar-refractivity contribution is -0.130. The van der Waals surface area contributed by atoms with Gasteiger partial charge >= 0.3 is 0 Å². The zero-order valence-corrected chi connectivity index (χ0v) is 17.9. The van der Waals surface area contributed by atoms with Crippen LogP contribution in [-0.4, -0.2) is 57.9 Å². The van der Waals surface area contributed by atoms with Crippen molar-refractivity contribution >= 4 is 27.3 Å². The lowest BCUT2D eigenvalue weighted by Crippen LogP contribution is -2.35. The SMILES string of the molecule is O=C(NCCc1nnc2n1CCN(Cc1cc3ccccc3s1)CC2)C1CCCO1. The van der Waals surface area contributed by atoms with Crippen LogP contribution >= 0.6 is 11.3 Å². The van der Waals surface area contributed by atoms with Crippen molar-refractivity contribution in [3.8, 4) is 0 Å². The Morgan fingerprint density at radius 1 is 1.23 bits per heavy atom. The van der Waals surface area contributed by atoms with Crippen LogP contribution in [0.3, 0.4) is 0 Å². The molecule has 1 fully saturated rings. The van der Waals surface area contributed by atoms with E-state index in [4.69, 9.17) is 4.74 Å². The van der Waals surface area contributed by atoms with Gasteiger partial charge in [-0.05, 0) is 30.4 Å². The van der Waals surface area contributed by atoms with Crippen LogP contribution in [-0.2, 0) is 35.5 Å². The summed E-state index contributed by atoms with van der Waals surface area (Å²) in [5, 5.41) is 13.1. The van der Waals surface area contributed by atoms with E-state index in [1.807, 2.05) is 11.3 Å². The summed E-state index contributed by atoms with van der Waals surface area (Å²) in [5.41, 5.74) is 0. The van der Waals surface area contributed by atoms with Crippen LogP contribution in [0.15, 0.2) is 30.3 Å². The van der Waals surface area contributed by atoms with Crippen LogP contribution in [0.4, 0.5) is 0 Å². The Kier molecular flexibility index (Phi) is 5.79. The quantitative estimate of drug-likeness (QED) is 0.657. The Balaban J connectivity index is 1.16. The average Bonchev–Trinajstić information content (AvgIpc) is 3.47. The highest BCUT2D eigenvalue weighted by Gasteiger charge is 2.24. The molecule has 4 heterocycles. The molecule has 0 bridgehead atoms. The van der Waals surface area contributed by atoms with E-state index in [1.54, 1.807) is 0 Å². The fourth-order valence-electron chi connectivity index (χ4n) is 4.30. The van der Waals surface area contributed by atoms with Crippen molar-refractivity contribution in [2.24, 2.45) is 0 Å². The Morgan fingerprint density at radius 3 is 3.03 bits per heavy atom. The number of hydrogen-bond donors (Lipinski definition) is 1. The zero-order valence-electron chi connectivity index (χ0n) is 17.0. The van der Waals surface area contributed by atoms with Gasteiger partial charge in [-0.15, -0.1) is 21.5 Å².